The second-order valence-electron chi connectivity index (χ2n) is 9.62. The molecule has 40 heavy (non-hydrogen) atoms. The predicted octanol–water partition coefficient (Wildman–Crippen LogP) is 7.30. The van der Waals surface area contributed by atoms with Crippen molar-refractivity contribution in [2.75, 3.05) is 12.0 Å². The molecule has 4 N–H and O–H groups in total. The highest BCUT2D eigenvalue weighted by Crippen LogP contribution is 2.27. The third kappa shape index (κ3) is 6.60. The van der Waals surface area contributed by atoms with Crippen molar-refractivity contribution >= 4 is 51.2 Å². The maximum absolute atomic E-state index is 12.9. The number of H-pyrrole nitrogens is 1. The smallest absolute Gasteiger partial charge is 0.263 e. The Labute approximate surface area is 241 Å². The summed E-state index contributed by atoms with van der Waals surface area (Å²) in [6, 6.07) is 19.7. The van der Waals surface area contributed by atoms with Crippen LogP contribution in [0, 0.1) is 0 Å². The van der Waals surface area contributed by atoms with E-state index < -0.39 is 0 Å². The van der Waals surface area contributed by atoms with Crippen LogP contribution in [-0.4, -0.2) is 32.9 Å². The third-order valence-electron chi connectivity index (χ3n) is 6.87. The van der Waals surface area contributed by atoms with Gasteiger partial charge in [-0.3, -0.25) is 14.6 Å². The molecule has 204 valence electrons. The van der Waals surface area contributed by atoms with E-state index in [1.807, 2.05) is 36.7 Å². The molecule has 0 aliphatic heterocycles. The van der Waals surface area contributed by atoms with Gasteiger partial charge in [0, 0.05) is 28.1 Å². The molecular formula is C31H31N5O2S2. The molecule has 0 fully saturated rings. The molecule has 7 nitrogen and oxygen atoms in total. The van der Waals surface area contributed by atoms with Crippen LogP contribution in [0.3, 0.4) is 0 Å². The Morgan fingerprint density at radius 2 is 1.88 bits per heavy atom. The van der Waals surface area contributed by atoms with Crippen molar-refractivity contribution in [3.05, 3.63) is 94.8 Å². The maximum atomic E-state index is 12.9. The Balaban J connectivity index is 1.24. The summed E-state index contributed by atoms with van der Waals surface area (Å²) in [7, 11) is 0. The molecule has 0 saturated carbocycles. The van der Waals surface area contributed by atoms with Crippen LogP contribution in [0.5, 0.6) is 0 Å². The summed E-state index contributed by atoms with van der Waals surface area (Å²) in [5, 5.41) is 5.47. The topological polar surface area (TPSA) is 114 Å². The van der Waals surface area contributed by atoms with Gasteiger partial charge in [-0.2, -0.15) is 0 Å². The number of nitrogen functional groups attached to an aromatic ring is 1. The second kappa shape index (κ2) is 12.9. The molecule has 9 heteroatoms. The summed E-state index contributed by atoms with van der Waals surface area (Å²) in [5.74, 6) is 0.674. The standard InChI is InChI=1S/C31H31N5O2S2/c1-39-28-16-23(32)13-14-24(28)27(37)10-4-2-3-9-25(36-31(38)29-18-33-19-40-29)30-34-17-26(35-30)22-12-11-20-7-5-6-8-21(20)15-22/h5-8,11-19,25H,2-4,9-10,32H2,1H3,(H,34,35)(H,36,38)/t25-/m0/s1. The number of nitrogens with zero attached hydrogens (tertiary/aromatic N) is 2. The maximum Gasteiger partial charge on any atom is 0.263 e. The number of imidazole rings is 1. The average Bonchev–Trinajstić information content (AvgIpc) is 3.69. The first-order valence-electron chi connectivity index (χ1n) is 13.2. The fraction of sp³-hybridized carbons (Fsp3) is 0.226. The third-order valence-corrected chi connectivity index (χ3v) is 8.42. The van der Waals surface area contributed by atoms with Crippen LogP contribution < -0.4 is 11.1 Å². The summed E-state index contributed by atoms with van der Waals surface area (Å²) in [6.07, 6.45) is 8.98. The van der Waals surface area contributed by atoms with Gasteiger partial charge in [0.15, 0.2) is 5.78 Å². The van der Waals surface area contributed by atoms with Gasteiger partial charge >= 0.3 is 0 Å². The van der Waals surface area contributed by atoms with E-state index in [1.165, 1.54) is 28.5 Å². The van der Waals surface area contributed by atoms with Crippen LogP contribution >= 0.6 is 23.1 Å². The number of carbonyl (C=O) groups excluding carboxylic acids is 2. The van der Waals surface area contributed by atoms with E-state index >= 15 is 0 Å². The minimum Gasteiger partial charge on any atom is -0.399 e. The molecular weight excluding hydrogens is 539 g/mol. The zero-order chi connectivity index (χ0) is 27.9. The Hall–Kier alpha value is -3.95. The van der Waals surface area contributed by atoms with Gasteiger partial charge in [-0.05, 0) is 54.1 Å². The molecule has 0 radical (unpaired) electrons. The molecule has 1 atom stereocenters. The summed E-state index contributed by atoms with van der Waals surface area (Å²) in [4.78, 5) is 39.3. The normalized spacial score (nSPS) is 11.9. The minimum atomic E-state index is -0.292. The number of Topliss-reactive ketones (excluding diaryl/α,β-unsaturated/α-hetero) is 1. The number of rotatable bonds is 12. The molecule has 3 aromatic carbocycles. The number of carbonyl (C=O) groups is 2. The molecule has 0 unspecified atom stereocenters. The number of benzene rings is 3. The predicted molar refractivity (Wildman–Crippen MR) is 164 cm³/mol. The van der Waals surface area contributed by atoms with Gasteiger partial charge in [-0.25, -0.2) is 4.98 Å². The van der Waals surface area contributed by atoms with Gasteiger partial charge in [0.25, 0.3) is 5.91 Å². The summed E-state index contributed by atoms with van der Waals surface area (Å²) in [5.41, 5.74) is 10.9. The average molecular weight is 570 g/mol. The lowest BCUT2D eigenvalue weighted by Crippen LogP contribution is -2.28. The Morgan fingerprint density at radius 1 is 1.02 bits per heavy atom. The molecule has 0 saturated heterocycles. The highest BCUT2D eigenvalue weighted by molar-refractivity contribution is 7.98. The van der Waals surface area contributed by atoms with E-state index in [9.17, 15) is 9.59 Å². The van der Waals surface area contributed by atoms with E-state index in [0.29, 0.717) is 29.2 Å². The summed E-state index contributed by atoms with van der Waals surface area (Å²) < 4.78 is 0. The molecule has 0 aliphatic rings. The Kier molecular flexibility index (Phi) is 8.93. The van der Waals surface area contributed by atoms with Crippen molar-refractivity contribution in [3.63, 3.8) is 0 Å². The van der Waals surface area contributed by atoms with E-state index in [4.69, 9.17) is 5.73 Å². The Morgan fingerprint density at radius 3 is 2.67 bits per heavy atom. The second-order valence-corrected chi connectivity index (χ2v) is 11.4. The van der Waals surface area contributed by atoms with Crippen molar-refractivity contribution in [3.8, 4) is 11.3 Å². The SMILES string of the molecule is CSc1cc(N)ccc1C(=O)CCCCC[C@H](NC(=O)c1cncs1)c1ncc(-c2ccc3ccccc3c2)[nH]1. The molecule has 5 aromatic rings. The summed E-state index contributed by atoms with van der Waals surface area (Å²) in [6.45, 7) is 0. The minimum absolute atomic E-state index is 0.130. The number of nitrogens with two attached hydrogens (primary N) is 1. The van der Waals surface area contributed by atoms with Gasteiger partial charge in [-0.15, -0.1) is 23.1 Å². The molecule has 0 spiro atoms. The van der Waals surface area contributed by atoms with Crippen molar-refractivity contribution in [1.29, 1.82) is 0 Å². The molecule has 1 amide bonds. The zero-order valence-electron chi connectivity index (χ0n) is 22.2. The van der Waals surface area contributed by atoms with Crippen LogP contribution in [0.15, 0.2) is 83.5 Å². The first-order valence-corrected chi connectivity index (χ1v) is 15.3. The zero-order valence-corrected chi connectivity index (χ0v) is 23.9. The van der Waals surface area contributed by atoms with Gasteiger partial charge in [0.1, 0.15) is 10.7 Å². The fourth-order valence-electron chi connectivity index (χ4n) is 4.74. The van der Waals surface area contributed by atoms with Gasteiger partial charge in [0.2, 0.25) is 0 Å². The number of thioether (sulfide) groups is 1. The lowest BCUT2D eigenvalue weighted by molar-refractivity contribution is 0.0935. The van der Waals surface area contributed by atoms with Crippen LogP contribution in [0.25, 0.3) is 22.0 Å². The van der Waals surface area contributed by atoms with E-state index in [1.54, 1.807) is 17.8 Å². The first-order chi connectivity index (χ1) is 19.5. The molecule has 0 aliphatic carbocycles. The van der Waals surface area contributed by atoms with Gasteiger partial charge in [0.05, 0.1) is 29.6 Å². The summed E-state index contributed by atoms with van der Waals surface area (Å²) >= 11 is 2.84. The highest BCUT2D eigenvalue weighted by Gasteiger charge is 2.20. The monoisotopic (exact) mass is 569 g/mol. The number of thiazole rings is 1. The lowest BCUT2D eigenvalue weighted by atomic mass is 10.0. The number of aromatic amines is 1. The van der Waals surface area contributed by atoms with Crippen LogP contribution in [0.1, 0.15) is 64.0 Å². The number of hydrogen-bond donors (Lipinski definition) is 3. The van der Waals surface area contributed by atoms with Crippen LogP contribution in [-0.2, 0) is 0 Å². The molecule has 2 heterocycles. The number of anilines is 1. The molecule has 2 aromatic heterocycles. The number of fused-ring (bicyclic) bond motifs is 1. The fourth-order valence-corrected chi connectivity index (χ4v) is 5.91. The van der Waals surface area contributed by atoms with Crippen LogP contribution in [0.2, 0.25) is 0 Å². The van der Waals surface area contributed by atoms with Gasteiger partial charge < -0.3 is 16.0 Å². The lowest BCUT2D eigenvalue weighted by Gasteiger charge is -2.16. The van der Waals surface area contributed by atoms with Crippen molar-refractivity contribution < 1.29 is 9.59 Å². The van der Waals surface area contributed by atoms with Crippen molar-refractivity contribution in [2.45, 2.75) is 43.0 Å². The van der Waals surface area contributed by atoms with E-state index in [-0.39, 0.29) is 17.7 Å². The number of amides is 1. The number of aromatic nitrogens is 3. The number of unbranched alkanes of at least 4 members (excludes halogenated alkanes) is 2. The quantitative estimate of drug-likeness (QED) is 0.0629. The number of hydrogen-bond acceptors (Lipinski definition) is 7. The largest absolute Gasteiger partial charge is 0.399 e. The number of ketones is 1. The Bertz CT molecular complexity index is 1610. The van der Waals surface area contributed by atoms with Crippen LogP contribution in [0.4, 0.5) is 5.69 Å². The van der Waals surface area contributed by atoms with Crippen molar-refractivity contribution in [1.82, 2.24) is 20.3 Å². The molecule has 0 bridgehead atoms. The highest BCUT2D eigenvalue weighted by atomic mass is 32.2. The van der Waals surface area contributed by atoms with E-state index in [2.05, 4.69) is 50.6 Å². The first kappa shape index (κ1) is 27.6. The van der Waals surface area contributed by atoms with E-state index in [0.717, 1.165) is 46.4 Å². The molecule has 5 rings (SSSR count). The number of nitrogens with one attached hydrogen (secondary N) is 2. The van der Waals surface area contributed by atoms with Crippen molar-refractivity contribution in [2.24, 2.45) is 0 Å². The van der Waals surface area contributed by atoms with Gasteiger partial charge in [-0.1, -0.05) is 49.2 Å².